The number of nitrogens with one attached hydrogen (secondary N) is 1. The van der Waals surface area contributed by atoms with Gasteiger partial charge >= 0.3 is 0 Å². The molecule has 0 bridgehead atoms. The van der Waals surface area contributed by atoms with Crippen LogP contribution in [0.4, 0.5) is 18.9 Å². The number of hydrogen-bond acceptors (Lipinski definition) is 6. The second-order valence-corrected chi connectivity index (χ2v) is 11.9. The Morgan fingerprint density at radius 1 is 1.17 bits per heavy atom. The van der Waals surface area contributed by atoms with E-state index in [9.17, 15) is 23.2 Å². The molecule has 214 valence electrons. The van der Waals surface area contributed by atoms with E-state index in [0.717, 1.165) is 6.20 Å². The number of thiazole rings is 1. The molecule has 0 atom stereocenters. The van der Waals surface area contributed by atoms with Crippen molar-refractivity contribution >= 4 is 46.3 Å². The van der Waals surface area contributed by atoms with Crippen molar-refractivity contribution in [3.8, 4) is 0 Å². The Bertz CT molecular complexity index is 1510. The summed E-state index contributed by atoms with van der Waals surface area (Å²) >= 11 is 7.19. The number of fused-ring (bicyclic) bond motifs is 2. The molecule has 3 amide bonds. The van der Waals surface area contributed by atoms with Crippen molar-refractivity contribution in [2.45, 2.75) is 43.6 Å². The van der Waals surface area contributed by atoms with E-state index in [1.54, 1.807) is 27.9 Å². The normalized spacial score (nSPS) is 21.2. The van der Waals surface area contributed by atoms with Crippen LogP contribution >= 0.6 is 22.9 Å². The molecule has 1 aromatic carbocycles. The number of nitrogens with zero attached hydrogens (tertiary/aromatic N) is 4. The van der Waals surface area contributed by atoms with Crippen LogP contribution in [0.25, 0.3) is 0 Å². The van der Waals surface area contributed by atoms with Crippen molar-refractivity contribution in [3.63, 3.8) is 0 Å². The molecule has 1 N–H and O–H groups in total. The van der Waals surface area contributed by atoms with Gasteiger partial charge in [0, 0.05) is 37.3 Å². The number of halogens is 4. The SMILES string of the molecule is O=C(NC1CCC(CN2C(=O)C3(CN(C(=O)c4cscn4)C3)c3cccc(F)c32)CC1)c1cc(Cl)cnc1C(F)F. The summed E-state index contributed by atoms with van der Waals surface area (Å²) in [5, 5.41) is 4.56. The largest absolute Gasteiger partial charge is 0.349 e. The van der Waals surface area contributed by atoms with Gasteiger partial charge in [0.2, 0.25) is 5.91 Å². The third-order valence-electron chi connectivity index (χ3n) is 8.25. The first kappa shape index (κ1) is 27.6. The smallest absolute Gasteiger partial charge is 0.281 e. The van der Waals surface area contributed by atoms with Crippen molar-refractivity contribution in [1.82, 2.24) is 20.2 Å². The summed E-state index contributed by atoms with van der Waals surface area (Å²) in [6.45, 7) is 0.628. The number of anilines is 1. The minimum atomic E-state index is -2.92. The van der Waals surface area contributed by atoms with Gasteiger partial charge in [0.1, 0.15) is 22.6 Å². The molecule has 1 spiro atoms. The van der Waals surface area contributed by atoms with Crippen molar-refractivity contribution in [2.24, 2.45) is 5.92 Å². The molecule has 3 aromatic rings. The standard InChI is InChI=1S/C28H25ClF3N5O3S/c29-16-8-18(22(24(31)32)33-9-16)25(38)35-17-6-4-15(5-7-17)10-37-23-19(2-1-3-20(23)30)28(27(37)40)12-36(13-28)26(39)21-11-41-14-34-21/h1-3,8-9,11,14-15,17,24H,4-7,10,12-13H2,(H,35,38). The number of hydrogen-bond donors (Lipinski definition) is 1. The summed E-state index contributed by atoms with van der Waals surface area (Å²) in [6, 6.07) is 5.61. The molecule has 2 aliphatic heterocycles. The summed E-state index contributed by atoms with van der Waals surface area (Å²) in [5.41, 5.74) is 0.903. The molecular formula is C28H25ClF3N5O3S. The molecule has 41 heavy (non-hydrogen) atoms. The minimum Gasteiger partial charge on any atom is -0.349 e. The van der Waals surface area contributed by atoms with Crippen LogP contribution in [0, 0.1) is 11.7 Å². The van der Waals surface area contributed by atoms with E-state index in [1.807, 2.05) is 0 Å². The number of likely N-dealkylation sites (tertiary alicyclic amines) is 1. The fourth-order valence-electron chi connectivity index (χ4n) is 6.18. The number of carbonyl (C=O) groups is 3. The Hall–Kier alpha value is -3.51. The average Bonchev–Trinajstić information content (AvgIpc) is 3.55. The predicted octanol–water partition coefficient (Wildman–Crippen LogP) is 5.00. The molecule has 13 heteroatoms. The lowest BCUT2D eigenvalue weighted by molar-refractivity contribution is -0.128. The van der Waals surface area contributed by atoms with Crippen LogP contribution in [0.5, 0.6) is 0 Å². The molecule has 0 radical (unpaired) electrons. The minimum absolute atomic E-state index is 0.0481. The average molecular weight is 604 g/mol. The van der Waals surface area contributed by atoms with Crippen molar-refractivity contribution < 1.29 is 27.6 Å². The first-order valence-electron chi connectivity index (χ1n) is 13.2. The molecule has 0 unspecified atom stereocenters. The lowest BCUT2D eigenvalue weighted by Gasteiger charge is -2.46. The number of rotatable bonds is 6. The van der Waals surface area contributed by atoms with Crippen LogP contribution < -0.4 is 10.2 Å². The summed E-state index contributed by atoms with van der Waals surface area (Å²) < 4.78 is 41.8. The highest BCUT2D eigenvalue weighted by Gasteiger charge is 2.60. The lowest BCUT2D eigenvalue weighted by atomic mass is 9.74. The predicted molar refractivity (Wildman–Crippen MR) is 146 cm³/mol. The van der Waals surface area contributed by atoms with Gasteiger partial charge in [0.15, 0.2) is 0 Å². The second kappa shape index (κ2) is 10.7. The highest BCUT2D eigenvalue weighted by molar-refractivity contribution is 7.07. The van der Waals surface area contributed by atoms with Gasteiger partial charge in [-0.2, -0.15) is 0 Å². The molecule has 1 saturated heterocycles. The maximum Gasteiger partial charge on any atom is 0.281 e. The first-order valence-corrected chi connectivity index (χ1v) is 14.5. The Morgan fingerprint density at radius 2 is 1.93 bits per heavy atom. The maximum atomic E-state index is 15.1. The monoisotopic (exact) mass is 603 g/mol. The number of carbonyl (C=O) groups excluding carboxylic acids is 3. The number of amides is 3. The molecule has 6 rings (SSSR count). The summed E-state index contributed by atoms with van der Waals surface area (Å²) in [4.78, 5) is 50.1. The fourth-order valence-corrected chi connectivity index (χ4v) is 6.86. The number of para-hydroxylation sites is 1. The van der Waals surface area contributed by atoms with Crippen LogP contribution in [0.15, 0.2) is 41.4 Å². The van der Waals surface area contributed by atoms with E-state index in [0.29, 0.717) is 43.5 Å². The summed E-state index contributed by atoms with van der Waals surface area (Å²) in [6.07, 6.45) is 0.602. The van der Waals surface area contributed by atoms with Crippen molar-refractivity contribution in [3.05, 3.63) is 74.7 Å². The molecule has 2 aromatic heterocycles. The second-order valence-electron chi connectivity index (χ2n) is 10.7. The Morgan fingerprint density at radius 3 is 2.61 bits per heavy atom. The zero-order valence-corrected chi connectivity index (χ0v) is 23.2. The third-order valence-corrected chi connectivity index (χ3v) is 9.04. The van der Waals surface area contributed by atoms with E-state index < -0.39 is 29.3 Å². The quantitative estimate of drug-likeness (QED) is 0.428. The van der Waals surface area contributed by atoms with Crippen LogP contribution in [0.3, 0.4) is 0 Å². The van der Waals surface area contributed by atoms with Crippen LogP contribution in [-0.4, -0.2) is 58.3 Å². The molecular weight excluding hydrogens is 579 g/mol. The van der Waals surface area contributed by atoms with E-state index in [2.05, 4.69) is 15.3 Å². The molecule has 3 aliphatic rings. The van der Waals surface area contributed by atoms with Crippen LogP contribution in [-0.2, 0) is 10.2 Å². The van der Waals surface area contributed by atoms with Gasteiger partial charge in [-0.05, 0) is 49.3 Å². The number of aromatic nitrogens is 2. The molecule has 1 saturated carbocycles. The fraction of sp³-hybridized carbons (Fsp3) is 0.393. The van der Waals surface area contributed by atoms with Crippen LogP contribution in [0.1, 0.15) is 64.2 Å². The topological polar surface area (TPSA) is 95.5 Å². The number of alkyl halides is 2. The van der Waals surface area contributed by atoms with Crippen molar-refractivity contribution in [2.75, 3.05) is 24.5 Å². The maximum absolute atomic E-state index is 15.1. The van der Waals surface area contributed by atoms with Crippen molar-refractivity contribution in [1.29, 1.82) is 0 Å². The zero-order chi connectivity index (χ0) is 28.9. The summed E-state index contributed by atoms with van der Waals surface area (Å²) in [7, 11) is 0. The molecule has 4 heterocycles. The van der Waals surface area contributed by atoms with Gasteiger partial charge in [-0.1, -0.05) is 23.7 Å². The highest BCUT2D eigenvalue weighted by Crippen LogP contribution is 2.49. The molecule has 8 nitrogen and oxygen atoms in total. The number of pyridine rings is 1. The van der Waals surface area contributed by atoms with Gasteiger partial charge in [0.25, 0.3) is 18.2 Å². The Kier molecular flexibility index (Phi) is 7.23. The van der Waals surface area contributed by atoms with Gasteiger partial charge in [-0.3, -0.25) is 19.4 Å². The lowest BCUT2D eigenvalue weighted by Crippen LogP contribution is -2.65. The van der Waals surface area contributed by atoms with E-state index in [-0.39, 0.29) is 53.1 Å². The number of benzene rings is 1. The first-order chi connectivity index (χ1) is 19.7. The third kappa shape index (κ3) is 4.86. The van der Waals surface area contributed by atoms with Gasteiger partial charge in [-0.15, -0.1) is 11.3 Å². The highest BCUT2D eigenvalue weighted by atomic mass is 35.5. The zero-order valence-electron chi connectivity index (χ0n) is 21.7. The Labute approximate surface area is 242 Å². The van der Waals surface area contributed by atoms with Gasteiger partial charge in [0.05, 0.1) is 21.8 Å². The Balaban J connectivity index is 1.11. The van der Waals surface area contributed by atoms with Gasteiger partial charge in [-0.25, -0.2) is 18.2 Å². The van der Waals surface area contributed by atoms with E-state index in [4.69, 9.17) is 11.6 Å². The molecule has 2 fully saturated rings. The van der Waals surface area contributed by atoms with E-state index >= 15 is 4.39 Å². The van der Waals surface area contributed by atoms with E-state index in [1.165, 1.54) is 28.4 Å². The van der Waals surface area contributed by atoms with Gasteiger partial charge < -0.3 is 15.1 Å². The van der Waals surface area contributed by atoms with Crippen LogP contribution in [0.2, 0.25) is 5.02 Å². The summed E-state index contributed by atoms with van der Waals surface area (Å²) in [5.74, 6) is -1.57. The molecule has 1 aliphatic carbocycles.